The van der Waals surface area contributed by atoms with Gasteiger partial charge in [0.15, 0.2) is 6.29 Å². The van der Waals surface area contributed by atoms with Gasteiger partial charge in [-0.1, -0.05) is 12.1 Å². The first-order valence-electron chi connectivity index (χ1n) is 6.91. The lowest BCUT2D eigenvalue weighted by Gasteiger charge is -2.15. The number of hydrogen-bond acceptors (Lipinski definition) is 5. The van der Waals surface area contributed by atoms with Crippen molar-refractivity contribution in [2.45, 2.75) is 6.36 Å². The highest BCUT2D eigenvalue weighted by Crippen LogP contribution is 2.37. The molecule has 132 valence electrons. The van der Waals surface area contributed by atoms with Crippen molar-refractivity contribution in [3.63, 3.8) is 0 Å². The molecule has 0 aromatic heterocycles. The largest absolute Gasteiger partial charge is 0.573 e. The number of aldehydes is 1. The third kappa shape index (κ3) is 4.09. The Kier molecular flexibility index (Phi) is 5.31. The molecule has 2 rings (SSSR count). The van der Waals surface area contributed by atoms with Crippen molar-refractivity contribution in [1.82, 2.24) is 0 Å². The summed E-state index contributed by atoms with van der Waals surface area (Å²) in [6.07, 6.45) is -4.33. The molecule has 0 spiro atoms. The first kappa shape index (κ1) is 18.3. The molecule has 0 aliphatic heterocycles. The molecule has 0 N–H and O–H groups in total. The van der Waals surface area contributed by atoms with E-state index < -0.39 is 18.1 Å². The maximum Gasteiger partial charge on any atom is 0.573 e. The van der Waals surface area contributed by atoms with Crippen LogP contribution in [0.1, 0.15) is 20.7 Å². The van der Waals surface area contributed by atoms with Crippen LogP contribution < -0.4 is 9.47 Å². The lowest BCUT2D eigenvalue weighted by molar-refractivity contribution is -0.274. The van der Waals surface area contributed by atoms with E-state index in [1.165, 1.54) is 19.2 Å². The summed E-state index contributed by atoms with van der Waals surface area (Å²) in [5, 5.41) is 0. The second kappa shape index (κ2) is 7.25. The first-order chi connectivity index (χ1) is 11.8. The molecule has 2 aromatic carbocycles. The molecule has 0 saturated heterocycles. The van der Waals surface area contributed by atoms with Gasteiger partial charge in [0.25, 0.3) is 0 Å². The summed E-state index contributed by atoms with van der Waals surface area (Å²) >= 11 is 0. The van der Waals surface area contributed by atoms with Gasteiger partial charge in [-0.3, -0.25) is 4.79 Å². The highest BCUT2D eigenvalue weighted by atomic mass is 19.4. The van der Waals surface area contributed by atoms with Crippen molar-refractivity contribution < 1.29 is 37.0 Å². The van der Waals surface area contributed by atoms with Crippen molar-refractivity contribution in [2.75, 3.05) is 14.2 Å². The molecule has 0 bridgehead atoms. The van der Waals surface area contributed by atoms with E-state index in [1.54, 1.807) is 12.1 Å². The van der Waals surface area contributed by atoms with Crippen LogP contribution in [0.5, 0.6) is 11.5 Å². The molecule has 0 aliphatic carbocycles. The summed E-state index contributed by atoms with van der Waals surface area (Å²) in [6.45, 7) is 0. The number of esters is 1. The maximum absolute atomic E-state index is 12.4. The Morgan fingerprint density at radius 1 is 1.08 bits per heavy atom. The van der Waals surface area contributed by atoms with Gasteiger partial charge in [0.2, 0.25) is 0 Å². The van der Waals surface area contributed by atoms with Crippen molar-refractivity contribution in [2.24, 2.45) is 0 Å². The predicted octanol–water partition coefficient (Wildman–Crippen LogP) is 3.86. The van der Waals surface area contributed by atoms with E-state index in [1.807, 2.05) is 0 Å². The van der Waals surface area contributed by atoms with Gasteiger partial charge in [-0.05, 0) is 24.3 Å². The van der Waals surface area contributed by atoms with Crippen LogP contribution in [0.2, 0.25) is 0 Å². The number of hydrogen-bond donors (Lipinski definition) is 0. The Balaban J connectivity index is 2.65. The third-order valence-electron chi connectivity index (χ3n) is 3.30. The molecule has 0 aliphatic rings. The van der Waals surface area contributed by atoms with Gasteiger partial charge in [0.1, 0.15) is 11.5 Å². The highest BCUT2D eigenvalue weighted by molar-refractivity contribution is 5.99. The van der Waals surface area contributed by atoms with Crippen LogP contribution in [-0.4, -0.2) is 32.8 Å². The first-order valence-corrected chi connectivity index (χ1v) is 6.91. The summed E-state index contributed by atoms with van der Waals surface area (Å²) in [6, 6.07) is 7.87. The second-order valence-electron chi connectivity index (χ2n) is 4.79. The Hall–Kier alpha value is -3.03. The zero-order chi connectivity index (χ0) is 18.6. The molecule has 0 unspecified atom stereocenters. The number of carbonyl (C=O) groups excluding carboxylic acids is 2. The Morgan fingerprint density at radius 3 is 2.36 bits per heavy atom. The molecule has 0 atom stereocenters. The van der Waals surface area contributed by atoms with Gasteiger partial charge in [0, 0.05) is 11.1 Å². The number of para-hydroxylation sites is 1. The fourth-order valence-electron chi connectivity index (χ4n) is 2.32. The van der Waals surface area contributed by atoms with E-state index in [9.17, 15) is 22.8 Å². The second-order valence-corrected chi connectivity index (χ2v) is 4.79. The molecular weight excluding hydrogens is 341 g/mol. The molecule has 0 saturated carbocycles. The minimum atomic E-state index is -4.90. The molecule has 0 radical (unpaired) electrons. The SMILES string of the molecule is COC(=O)c1cc(OC(F)(F)F)ccc1-c1cccc(C=O)c1OC. The number of alkyl halides is 3. The predicted molar refractivity (Wildman–Crippen MR) is 81.8 cm³/mol. The standard InChI is InChI=1S/C17H13F3O5/c1-23-15-10(9-21)4-3-5-13(15)12-7-6-11(25-17(18,19)20)8-14(12)16(22)24-2/h3-9H,1-2H3. The number of methoxy groups -OCH3 is 2. The molecular formula is C17H13F3O5. The Labute approximate surface area is 140 Å². The van der Waals surface area contributed by atoms with Crippen molar-refractivity contribution in [1.29, 1.82) is 0 Å². The van der Waals surface area contributed by atoms with Gasteiger partial charge in [0.05, 0.1) is 25.3 Å². The van der Waals surface area contributed by atoms with Gasteiger partial charge >= 0.3 is 12.3 Å². The van der Waals surface area contributed by atoms with Crippen LogP contribution in [-0.2, 0) is 4.74 Å². The zero-order valence-electron chi connectivity index (χ0n) is 13.2. The van der Waals surface area contributed by atoms with E-state index in [-0.39, 0.29) is 22.4 Å². The average Bonchev–Trinajstić information content (AvgIpc) is 2.58. The van der Waals surface area contributed by atoms with Crippen molar-refractivity contribution >= 4 is 12.3 Å². The topological polar surface area (TPSA) is 61.8 Å². The Bertz CT molecular complexity index is 799. The van der Waals surface area contributed by atoms with E-state index >= 15 is 0 Å². The fraction of sp³-hybridized carbons (Fsp3) is 0.176. The van der Waals surface area contributed by atoms with E-state index in [4.69, 9.17) is 4.74 Å². The van der Waals surface area contributed by atoms with Crippen LogP contribution in [0.3, 0.4) is 0 Å². The zero-order valence-corrected chi connectivity index (χ0v) is 13.2. The van der Waals surface area contributed by atoms with Crippen LogP contribution in [0.15, 0.2) is 36.4 Å². The fourth-order valence-corrected chi connectivity index (χ4v) is 2.32. The number of halogens is 3. The summed E-state index contributed by atoms with van der Waals surface area (Å²) in [4.78, 5) is 23.1. The van der Waals surface area contributed by atoms with Gasteiger partial charge < -0.3 is 14.2 Å². The van der Waals surface area contributed by atoms with Gasteiger partial charge in [-0.2, -0.15) is 0 Å². The highest BCUT2D eigenvalue weighted by Gasteiger charge is 2.32. The lowest BCUT2D eigenvalue weighted by Crippen LogP contribution is -2.17. The number of benzene rings is 2. The lowest BCUT2D eigenvalue weighted by atomic mass is 9.96. The minimum Gasteiger partial charge on any atom is -0.495 e. The van der Waals surface area contributed by atoms with Crippen LogP contribution >= 0.6 is 0 Å². The number of carbonyl (C=O) groups is 2. The van der Waals surface area contributed by atoms with Crippen LogP contribution in [0, 0.1) is 0 Å². The number of rotatable bonds is 5. The number of ether oxygens (including phenoxy) is 3. The van der Waals surface area contributed by atoms with E-state index in [0.29, 0.717) is 11.8 Å². The molecule has 2 aromatic rings. The summed E-state index contributed by atoms with van der Waals surface area (Å²) < 4.78 is 50.9. The third-order valence-corrected chi connectivity index (χ3v) is 3.30. The Morgan fingerprint density at radius 2 is 1.80 bits per heavy atom. The minimum absolute atomic E-state index is 0.161. The van der Waals surface area contributed by atoms with Crippen molar-refractivity contribution in [3.8, 4) is 22.6 Å². The molecule has 0 amide bonds. The molecule has 0 fully saturated rings. The molecule has 0 heterocycles. The van der Waals surface area contributed by atoms with Gasteiger partial charge in [-0.25, -0.2) is 4.79 Å². The average molecular weight is 354 g/mol. The molecule has 5 nitrogen and oxygen atoms in total. The molecule has 25 heavy (non-hydrogen) atoms. The summed E-state index contributed by atoms with van der Waals surface area (Å²) in [7, 11) is 2.44. The van der Waals surface area contributed by atoms with Crippen LogP contribution in [0.25, 0.3) is 11.1 Å². The monoisotopic (exact) mass is 354 g/mol. The smallest absolute Gasteiger partial charge is 0.495 e. The summed E-state index contributed by atoms with van der Waals surface area (Å²) in [5.41, 5.74) is 0.657. The van der Waals surface area contributed by atoms with Crippen LogP contribution in [0.4, 0.5) is 13.2 Å². The van der Waals surface area contributed by atoms with Gasteiger partial charge in [-0.15, -0.1) is 13.2 Å². The maximum atomic E-state index is 12.4. The summed E-state index contributed by atoms with van der Waals surface area (Å²) in [5.74, 6) is -1.24. The quantitative estimate of drug-likeness (QED) is 0.603. The van der Waals surface area contributed by atoms with E-state index in [0.717, 1.165) is 19.2 Å². The van der Waals surface area contributed by atoms with E-state index in [2.05, 4.69) is 9.47 Å². The normalized spacial score (nSPS) is 10.9. The van der Waals surface area contributed by atoms with Crippen molar-refractivity contribution in [3.05, 3.63) is 47.5 Å². The molecule has 8 heteroatoms.